The Balaban J connectivity index is 2.61. The van der Waals surface area contributed by atoms with Gasteiger partial charge in [0.15, 0.2) is 0 Å². The highest BCUT2D eigenvalue weighted by atomic mass is 32.2. The molecule has 0 saturated carbocycles. The van der Waals surface area contributed by atoms with Crippen molar-refractivity contribution in [3.05, 3.63) is 0 Å². The molecule has 0 aromatic rings. The first kappa shape index (κ1) is 14.5. The Bertz CT molecular complexity index is 271. The number of ether oxygens (including phenoxy) is 2. The van der Waals surface area contributed by atoms with Crippen molar-refractivity contribution in [3.63, 3.8) is 0 Å². The summed E-state index contributed by atoms with van der Waals surface area (Å²) in [6, 6.07) is 0. The fourth-order valence-electron chi connectivity index (χ4n) is 1.86. The summed E-state index contributed by atoms with van der Waals surface area (Å²) in [4.78, 5) is 11.5. The molecule has 0 aromatic carbocycles. The van der Waals surface area contributed by atoms with Gasteiger partial charge in [-0.05, 0) is 25.1 Å². The molecule has 0 unspecified atom stereocenters. The molecule has 1 rings (SSSR count). The first-order valence-corrected chi connectivity index (χ1v) is 7.14. The van der Waals surface area contributed by atoms with E-state index in [-0.39, 0.29) is 5.97 Å². The molecule has 98 valence electrons. The van der Waals surface area contributed by atoms with E-state index < -0.39 is 0 Å². The van der Waals surface area contributed by atoms with Crippen LogP contribution in [-0.2, 0) is 14.3 Å². The van der Waals surface area contributed by atoms with Crippen molar-refractivity contribution >= 4 is 22.8 Å². The van der Waals surface area contributed by atoms with E-state index in [0.29, 0.717) is 19.0 Å². The van der Waals surface area contributed by atoms with Crippen molar-refractivity contribution in [2.24, 2.45) is 0 Å². The zero-order valence-corrected chi connectivity index (χ0v) is 11.6. The molecule has 1 aliphatic rings. The van der Waals surface area contributed by atoms with E-state index >= 15 is 0 Å². The van der Waals surface area contributed by atoms with Gasteiger partial charge in [0.05, 0.1) is 6.61 Å². The number of carbonyl (C=O) groups is 1. The lowest BCUT2D eigenvalue weighted by Gasteiger charge is -2.13. The first-order valence-electron chi connectivity index (χ1n) is 6.16. The van der Waals surface area contributed by atoms with Crippen LogP contribution in [-0.4, -0.2) is 48.3 Å². The topological polar surface area (TPSA) is 38.5 Å². The molecule has 0 aromatic heterocycles. The molecular formula is C12H22NO3S+. The van der Waals surface area contributed by atoms with E-state index in [4.69, 9.17) is 9.47 Å². The van der Waals surface area contributed by atoms with Crippen molar-refractivity contribution in [1.29, 1.82) is 0 Å². The Morgan fingerprint density at radius 2 is 2.00 bits per heavy atom. The predicted molar refractivity (Wildman–Crippen MR) is 69.6 cm³/mol. The lowest BCUT2D eigenvalue weighted by atomic mass is 10.1. The quantitative estimate of drug-likeness (QED) is 0.327. The number of hydrogen-bond acceptors (Lipinski definition) is 4. The monoisotopic (exact) mass is 260 g/mol. The number of nitrogens with zero attached hydrogens (tertiary/aromatic N) is 1. The van der Waals surface area contributed by atoms with Crippen LogP contribution < -0.4 is 0 Å². The van der Waals surface area contributed by atoms with Crippen molar-refractivity contribution < 1.29 is 18.8 Å². The number of hydrogen-bond donors (Lipinski definition) is 0. The van der Waals surface area contributed by atoms with Crippen molar-refractivity contribution in [2.75, 3.05) is 32.7 Å². The molecule has 1 fully saturated rings. The van der Waals surface area contributed by atoms with Gasteiger partial charge in [0.2, 0.25) is 5.04 Å². The Morgan fingerprint density at radius 1 is 1.29 bits per heavy atom. The summed E-state index contributed by atoms with van der Waals surface area (Å²) in [5, 5.41) is 1.09. The van der Waals surface area contributed by atoms with E-state index in [1.165, 1.54) is 19.3 Å². The van der Waals surface area contributed by atoms with Gasteiger partial charge in [0.25, 0.3) is 0 Å². The van der Waals surface area contributed by atoms with Crippen LogP contribution in [0, 0.1) is 0 Å². The number of piperidine rings is 1. The van der Waals surface area contributed by atoms with Crippen LogP contribution in [0.4, 0.5) is 0 Å². The molecule has 0 atom stereocenters. The fraction of sp³-hybridized carbons (Fsp3) is 0.833. The van der Waals surface area contributed by atoms with Gasteiger partial charge in [-0.3, -0.25) is 4.79 Å². The van der Waals surface area contributed by atoms with Gasteiger partial charge in [-0.2, -0.15) is 0 Å². The van der Waals surface area contributed by atoms with Crippen molar-refractivity contribution in [2.45, 2.75) is 32.6 Å². The molecule has 1 heterocycles. The van der Waals surface area contributed by atoms with Gasteiger partial charge >= 0.3 is 5.97 Å². The Kier molecular flexibility index (Phi) is 7.28. The second-order valence-electron chi connectivity index (χ2n) is 3.97. The third kappa shape index (κ3) is 5.55. The molecule has 0 amide bonds. The second kappa shape index (κ2) is 8.53. The molecule has 0 N–H and O–H groups in total. The number of methoxy groups -OCH3 is 1. The Labute approximate surface area is 107 Å². The van der Waals surface area contributed by atoms with Crippen LogP contribution in [0.5, 0.6) is 0 Å². The van der Waals surface area contributed by atoms with Crippen LogP contribution in [0.15, 0.2) is 0 Å². The van der Waals surface area contributed by atoms with E-state index in [0.717, 1.165) is 18.1 Å². The van der Waals surface area contributed by atoms with Crippen molar-refractivity contribution in [1.82, 2.24) is 0 Å². The zero-order chi connectivity index (χ0) is 12.5. The molecule has 0 radical (unpaired) electrons. The van der Waals surface area contributed by atoms with E-state index in [1.54, 1.807) is 18.9 Å². The minimum absolute atomic E-state index is 0.142. The predicted octanol–water partition coefficient (Wildman–Crippen LogP) is 1.87. The SMILES string of the molecule is CCOC(=O)CC(SCOC)=[N+]1CCCCC1. The second-order valence-corrected chi connectivity index (χ2v) is 4.97. The summed E-state index contributed by atoms with van der Waals surface area (Å²) in [5.41, 5.74) is 0. The van der Waals surface area contributed by atoms with Crippen molar-refractivity contribution in [3.8, 4) is 0 Å². The maximum atomic E-state index is 11.5. The summed E-state index contributed by atoms with van der Waals surface area (Å²) in [6.45, 7) is 4.37. The Hall–Kier alpha value is -0.550. The molecule has 0 bridgehead atoms. The largest absolute Gasteiger partial charge is 0.466 e. The maximum absolute atomic E-state index is 11.5. The molecule has 1 aliphatic heterocycles. The molecule has 0 spiro atoms. The Morgan fingerprint density at radius 3 is 2.59 bits per heavy atom. The third-order valence-electron chi connectivity index (χ3n) is 2.65. The number of thioether (sulfide) groups is 1. The summed E-state index contributed by atoms with van der Waals surface area (Å²) in [5.74, 6) is 0.447. The van der Waals surface area contributed by atoms with E-state index in [1.807, 2.05) is 6.92 Å². The highest BCUT2D eigenvalue weighted by Crippen LogP contribution is 2.13. The fourth-order valence-corrected chi connectivity index (χ4v) is 2.70. The standard InChI is InChI=1S/C12H22NO3S/c1-3-16-12(14)9-11(17-10-15-2)13-7-5-4-6-8-13/h3-10H2,1-2H3/q+1. The summed E-state index contributed by atoms with van der Waals surface area (Å²) >= 11 is 1.60. The average Bonchev–Trinajstić information content (AvgIpc) is 2.36. The van der Waals surface area contributed by atoms with Crippen LogP contribution in [0.1, 0.15) is 32.6 Å². The number of carbonyl (C=O) groups excluding carboxylic acids is 1. The van der Waals surface area contributed by atoms with E-state index in [2.05, 4.69) is 4.58 Å². The first-order chi connectivity index (χ1) is 8.27. The lowest BCUT2D eigenvalue weighted by Crippen LogP contribution is -2.27. The molecule has 5 heteroatoms. The molecule has 1 saturated heterocycles. The van der Waals surface area contributed by atoms with Gasteiger partial charge in [-0.1, -0.05) is 0 Å². The minimum atomic E-state index is -0.142. The van der Waals surface area contributed by atoms with Gasteiger partial charge in [0, 0.05) is 20.0 Å². The zero-order valence-electron chi connectivity index (χ0n) is 10.7. The number of rotatable bonds is 5. The smallest absolute Gasteiger partial charge is 0.317 e. The van der Waals surface area contributed by atoms with Gasteiger partial charge in [0.1, 0.15) is 25.4 Å². The third-order valence-corrected chi connectivity index (χ3v) is 3.74. The molecular weight excluding hydrogens is 238 g/mol. The highest BCUT2D eigenvalue weighted by Gasteiger charge is 2.22. The van der Waals surface area contributed by atoms with Crippen LogP contribution >= 0.6 is 11.8 Å². The summed E-state index contributed by atoms with van der Waals surface area (Å²) in [7, 11) is 1.67. The number of esters is 1. The van der Waals surface area contributed by atoms with Gasteiger partial charge in [-0.15, -0.1) is 0 Å². The minimum Gasteiger partial charge on any atom is -0.466 e. The maximum Gasteiger partial charge on any atom is 0.317 e. The highest BCUT2D eigenvalue weighted by molar-refractivity contribution is 8.13. The van der Waals surface area contributed by atoms with E-state index in [9.17, 15) is 4.79 Å². The van der Waals surface area contributed by atoms with Crippen LogP contribution in [0.2, 0.25) is 0 Å². The molecule has 4 nitrogen and oxygen atoms in total. The summed E-state index contributed by atoms with van der Waals surface area (Å²) < 4.78 is 12.4. The van der Waals surface area contributed by atoms with Crippen LogP contribution in [0.3, 0.4) is 0 Å². The average molecular weight is 260 g/mol. The van der Waals surface area contributed by atoms with Crippen LogP contribution in [0.25, 0.3) is 0 Å². The van der Waals surface area contributed by atoms with Gasteiger partial charge in [-0.25, -0.2) is 4.58 Å². The molecule has 17 heavy (non-hydrogen) atoms. The molecule has 0 aliphatic carbocycles. The summed E-state index contributed by atoms with van der Waals surface area (Å²) in [6.07, 6.45) is 4.08. The normalized spacial score (nSPS) is 15.8. The van der Waals surface area contributed by atoms with Gasteiger partial charge < -0.3 is 9.47 Å². The lowest BCUT2D eigenvalue weighted by molar-refractivity contribution is -0.535.